The van der Waals surface area contributed by atoms with E-state index in [0.717, 1.165) is 48.8 Å². The molecule has 14 heteroatoms. The number of anilines is 3. The number of aliphatic carboxylic acids is 1. The molecule has 2 aliphatic rings. The number of carbonyl (C=O) groups excluding carboxylic acids is 1. The Labute approximate surface area is 216 Å². The summed E-state index contributed by atoms with van der Waals surface area (Å²) < 4.78 is 33.6. The van der Waals surface area contributed by atoms with Crippen molar-refractivity contribution in [2.75, 3.05) is 41.3 Å². The summed E-state index contributed by atoms with van der Waals surface area (Å²) in [5, 5.41) is 13.7. The largest absolute Gasteiger partial charge is 0.490 e. The predicted molar refractivity (Wildman–Crippen MR) is 135 cm³/mol. The molecule has 3 aromatic heterocycles. The molecule has 0 saturated carbocycles. The van der Waals surface area contributed by atoms with Crippen LogP contribution in [0.25, 0.3) is 5.78 Å². The van der Waals surface area contributed by atoms with E-state index in [1.54, 1.807) is 4.90 Å². The molecule has 5 rings (SSSR count). The molecule has 2 amide bonds. The number of alkyl halides is 3. The van der Waals surface area contributed by atoms with Crippen molar-refractivity contribution in [3.05, 3.63) is 41.6 Å². The minimum atomic E-state index is -5.08. The number of piperazine rings is 1. The summed E-state index contributed by atoms with van der Waals surface area (Å²) in [5.41, 5.74) is 4.67. The zero-order valence-corrected chi connectivity index (χ0v) is 21.4. The van der Waals surface area contributed by atoms with E-state index in [9.17, 15) is 18.0 Å². The summed E-state index contributed by atoms with van der Waals surface area (Å²) >= 11 is 0. The van der Waals surface area contributed by atoms with Crippen LogP contribution in [0.2, 0.25) is 0 Å². The molecule has 0 radical (unpaired) electrons. The number of pyridine rings is 1. The lowest BCUT2D eigenvalue weighted by molar-refractivity contribution is -0.192. The molecule has 38 heavy (non-hydrogen) atoms. The van der Waals surface area contributed by atoms with Crippen LogP contribution in [0.5, 0.6) is 0 Å². The normalized spacial score (nSPS) is 16.6. The van der Waals surface area contributed by atoms with Crippen molar-refractivity contribution in [2.24, 2.45) is 0 Å². The SMILES string of the molecule is Cc1cn2cc(NC(=O)N3CCc4c(N5CCNC(C)(C)C5)ccnc43)c(C)nc2n1.O=C(O)C(F)(F)F. The summed E-state index contributed by atoms with van der Waals surface area (Å²) in [7, 11) is 0. The zero-order chi connectivity index (χ0) is 27.8. The van der Waals surface area contributed by atoms with Crippen molar-refractivity contribution in [1.29, 1.82) is 0 Å². The Hall–Kier alpha value is -3.94. The quantitative estimate of drug-likeness (QED) is 0.458. The molecule has 0 aromatic carbocycles. The van der Waals surface area contributed by atoms with Gasteiger partial charge in [0.05, 0.1) is 17.1 Å². The van der Waals surface area contributed by atoms with E-state index < -0.39 is 12.1 Å². The summed E-state index contributed by atoms with van der Waals surface area (Å²) in [5.74, 6) is -1.38. The summed E-state index contributed by atoms with van der Waals surface area (Å²) in [6.07, 6.45) is 1.28. The average molecular weight is 535 g/mol. The smallest absolute Gasteiger partial charge is 0.475 e. The number of fused-ring (bicyclic) bond motifs is 2. The van der Waals surface area contributed by atoms with Crippen LogP contribution in [-0.4, -0.2) is 74.4 Å². The number of urea groups is 1. The van der Waals surface area contributed by atoms with Gasteiger partial charge in [-0.1, -0.05) is 0 Å². The standard InChI is InChI=1S/C22H28N8O.C2HF3O2/c1-14-11-29-12-17(15(2)26-20(29)25-14)27-21(31)30-9-6-16-18(5-7-23-19(16)30)28-10-8-24-22(3,4)13-28;3-2(4,5)1(6)7/h5,7,11-12,24H,6,8-10,13H2,1-4H3,(H,27,31);(H,6,7). The first-order valence-corrected chi connectivity index (χ1v) is 11.9. The maximum Gasteiger partial charge on any atom is 0.490 e. The van der Waals surface area contributed by atoms with Crippen LogP contribution >= 0.6 is 0 Å². The van der Waals surface area contributed by atoms with Gasteiger partial charge in [-0.25, -0.2) is 24.5 Å². The van der Waals surface area contributed by atoms with E-state index in [0.29, 0.717) is 18.0 Å². The highest BCUT2D eigenvalue weighted by atomic mass is 19.4. The number of hydrogen-bond donors (Lipinski definition) is 3. The predicted octanol–water partition coefficient (Wildman–Crippen LogP) is 3.16. The number of aromatic nitrogens is 4. The Bertz CT molecular complexity index is 1370. The topological polar surface area (TPSA) is 128 Å². The number of aryl methyl sites for hydroxylation is 2. The van der Waals surface area contributed by atoms with Gasteiger partial charge in [0.2, 0.25) is 5.78 Å². The van der Waals surface area contributed by atoms with Crippen LogP contribution in [0, 0.1) is 13.8 Å². The number of imidazole rings is 1. The monoisotopic (exact) mass is 534 g/mol. The number of hydrogen-bond acceptors (Lipinski definition) is 7. The molecule has 2 aliphatic heterocycles. The highest BCUT2D eigenvalue weighted by Gasteiger charge is 2.38. The van der Waals surface area contributed by atoms with Gasteiger partial charge < -0.3 is 20.6 Å². The number of carbonyl (C=O) groups is 2. The van der Waals surface area contributed by atoms with E-state index in [-0.39, 0.29) is 11.6 Å². The fourth-order valence-electron chi connectivity index (χ4n) is 4.54. The first kappa shape index (κ1) is 27.1. The second kappa shape index (κ2) is 10.1. The second-order valence-electron chi connectivity index (χ2n) is 9.83. The lowest BCUT2D eigenvalue weighted by Gasteiger charge is -2.41. The number of halogens is 3. The average Bonchev–Trinajstić information content (AvgIpc) is 3.40. The van der Waals surface area contributed by atoms with Crippen molar-refractivity contribution < 1.29 is 27.9 Å². The fraction of sp³-hybridized carbons (Fsp3) is 0.458. The number of nitrogens with zero attached hydrogens (tertiary/aromatic N) is 6. The van der Waals surface area contributed by atoms with Gasteiger partial charge in [0, 0.05) is 61.6 Å². The van der Waals surface area contributed by atoms with E-state index in [2.05, 4.69) is 50.4 Å². The highest BCUT2D eigenvalue weighted by molar-refractivity contribution is 6.03. The van der Waals surface area contributed by atoms with Crippen LogP contribution in [0.3, 0.4) is 0 Å². The number of nitrogens with one attached hydrogen (secondary N) is 2. The van der Waals surface area contributed by atoms with Crippen LogP contribution in [0.1, 0.15) is 30.8 Å². The number of amides is 2. The van der Waals surface area contributed by atoms with Gasteiger partial charge in [-0.05, 0) is 40.2 Å². The molecule has 1 fully saturated rings. The third kappa shape index (κ3) is 5.79. The van der Waals surface area contributed by atoms with E-state index in [1.807, 2.05) is 36.8 Å². The number of carboxylic acids is 1. The lowest BCUT2D eigenvalue weighted by atomic mass is 10.0. The molecule has 11 nitrogen and oxygen atoms in total. The highest BCUT2D eigenvalue weighted by Crippen LogP contribution is 2.35. The molecular weight excluding hydrogens is 505 g/mol. The van der Waals surface area contributed by atoms with Gasteiger partial charge in [0.25, 0.3) is 0 Å². The molecule has 0 unspecified atom stereocenters. The van der Waals surface area contributed by atoms with Gasteiger partial charge in [0.1, 0.15) is 5.82 Å². The van der Waals surface area contributed by atoms with Gasteiger partial charge in [0.15, 0.2) is 0 Å². The number of carboxylic acid groups (broad SMARTS) is 1. The van der Waals surface area contributed by atoms with E-state index in [1.165, 1.54) is 5.69 Å². The molecule has 0 aliphatic carbocycles. The Morgan fingerprint density at radius 2 is 1.87 bits per heavy atom. The van der Waals surface area contributed by atoms with Gasteiger partial charge >= 0.3 is 18.2 Å². The maximum atomic E-state index is 13.2. The Kier molecular flexibility index (Phi) is 7.19. The van der Waals surface area contributed by atoms with Crippen LogP contribution in [0.4, 0.5) is 35.2 Å². The maximum absolute atomic E-state index is 13.2. The van der Waals surface area contributed by atoms with Crippen molar-refractivity contribution in [3.63, 3.8) is 0 Å². The third-order valence-corrected chi connectivity index (χ3v) is 6.25. The van der Waals surface area contributed by atoms with Crippen LogP contribution < -0.4 is 20.4 Å². The summed E-state index contributed by atoms with van der Waals surface area (Å²) in [6, 6.07) is 1.88. The molecule has 3 N–H and O–H groups in total. The molecule has 5 heterocycles. The van der Waals surface area contributed by atoms with Crippen molar-refractivity contribution >= 4 is 35.0 Å². The first-order valence-electron chi connectivity index (χ1n) is 11.9. The second-order valence-corrected chi connectivity index (χ2v) is 9.83. The molecular formula is C24H29F3N8O3. The third-order valence-electron chi connectivity index (χ3n) is 6.25. The minimum absolute atomic E-state index is 0.0545. The molecule has 0 bridgehead atoms. The van der Waals surface area contributed by atoms with Gasteiger partial charge in [-0.3, -0.25) is 9.30 Å². The summed E-state index contributed by atoms with van der Waals surface area (Å²) in [6.45, 7) is 11.7. The van der Waals surface area contributed by atoms with Crippen molar-refractivity contribution in [2.45, 2.75) is 45.8 Å². The van der Waals surface area contributed by atoms with Gasteiger partial charge in [-0.2, -0.15) is 13.2 Å². The number of rotatable bonds is 2. The summed E-state index contributed by atoms with van der Waals surface area (Å²) in [4.78, 5) is 39.6. The van der Waals surface area contributed by atoms with Gasteiger partial charge in [-0.15, -0.1) is 0 Å². The minimum Gasteiger partial charge on any atom is -0.475 e. The molecule has 3 aromatic rings. The van der Waals surface area contributed by atoms with E-state index >= 15 is 0 Å². The van der Waals surface area contributed by atoms with E-state index in [4.69, 9.17) is 9.90 Å². The first-order chi connectivity index (χ1) is 17.7. The Morgan fingerprint density at radius 1 is 1.16 bits per heavy atom. The molecule has 0 spiro atoms. The Balaban J connectivity index is 0.000000426. The zero-order valence-electron chi connectivity index (χ0n) is 21.4. The molecule has 204 valence electrons. The van der Waals surface area contributed by atoms with Crippen molar-refractivity contribution in [3.8, 4) is 0 Å². The Morgan fingerprint density at radius 3 is 2.53 bits per heavy atom. The van der Waals surface area contributed by atoms with Crippen molar-refractivity contribution in [1.82, 2.24) is 24.7 Å². The fourth-order valence-corrected chi connectivity index (χ4v) is 4.54. The lowest BCUT2D eigenvalue weighted by Crippen LogP contribution is -2.57. The molecule has 0 atom stereocenters. The van der Waals surface area contributed by atoms with Crippen LogP contribution in [0.15, 0.2) is 24.7 Å². The van der Waals surface area contributed by atoms with Crippen LogP contribution in [-0.2, 0) is 11.2 Å². The molecule has 1 saturated heterocycles.